The molecule has 1 aliphatic heterocycles. The van der Waals surface area contributed by atoms with Crippen LogP contribution in [-0.2, 0) is 10.0 Å². The molecule has 1 aromatic carbocycles. The average Bonchev–Trinajstić information content (AvgIpc) is 2.46. The number of hydrogen-bond donors (Lipinski definition) is 1. The first kappa shape index (κ1) is 16.4. The molecular weight excluding hydrogens is 306 g/mol. The Hall–Kier alpha value is -1.96. The van der Waals surface area contributed by atoms with Gasteiger partial charge in [0.2, 0.25) is 10.0 Å². The number of amides is 2. The van der Waals surface area contributed by atoms with E-state index >= 15 is 0 Å². The number of nitrogens with one attached hydrogen (secondary N) is 1. The first-order chi connectivity index (χ1) is 10.4. The molecule has 0 unspecified atom stereocenters. The van der Waals surface area contributed by atoms with E-state index in [1.54, 1.807) is 23.1 Å². The smallest absolute Gasteiger partial charge is 0.321 e. The van der Waals surface area contributed by atoms with Gasteiger partial charge in [-0.25, -0.2) is 13.2 Å². The summed E-state index contributed by atoms with van der Waals surface area (Å²) >= 11 is 0. The summed E-state index contributed by atoms with van der Waals surface area (Å²) in [6.45, 7) is 5.62. The Morgan fingerprint density at radius 1 is 1.36 bits per heavy atom. The van der Waals surface area contributed by atoms with Crippen LogP contribution in [0.15, 0.2) is 18.2 Å². The number of carbonyl (C=O) groups excluding carboxylic acids is 1. The maximum Gasteiger partial charge on any atom is 0.321 e. The molecule has 0 saturated carbocycles. The Balaban J connectivity index is 2.23. The van der Waals surface area contributed by atoms with Crippen LogP contribution in [0.4, 0.5) is 16.2 Å². The molecule has 0 aliphatic carbocycles. The average molecular weight is 327 g/mol. The number of nitrogens with zero attached hydrogens (tertiary/aromatic N) is 2. The molecular formula is C14H21N3O4S. The van der Waals surface area contributed by atoms with E-state index in [-0.39, 0.29) is 19.2 Å². The number of urea groups is 1. The van der Waals surface area contributed by atoms with E-state index in [2.05, 4.69) is 5.32 Å². The van der Waals surface area contributed by atoms with Gasteiger partial charge in [0.1, 0.15) is 12.4 Å². The molecule has 1 aliphatic rings. The monoisotopic (exact) mass is 327 g/mol. The zero-order chi connectivity index (χ0) is 16.3. The number of carbonyl (C=O) groups is 1. The van der Waals surface area contributed by atoms with E-state index in [0.29, 0.717) is 30.2 Å². The second-order valence-electron chi connectivity index (χ2n) is 4.97. The zero-order valence-electron chi connectivity index (χ0n) is 13.0. The van der Waals surface area contributed by atoms with Gasteiger partial charge in [0, 0.05) is 24.8 Å². The second kappa shape index (κ2) is 6.43. The SMILES string of the molecule is CCN(CC)C(=O)Nc1ccc2c(c1)OCCN2S(C)(=O)=O. The van der Waals surface area contributed by atoms with Crippen LogP contribution in [0.25, 0.3) is 0 Å². The van der Waals surface area contributed by atoms with Crippen molar-refractivity contribution in [3.8, 4) is 5.75 Å². The molecule has 1 aromatic rings. The number of anilines is 2. The second-order valence-corrected chi connectivity index (χ2v) is 6.88. The highest BCUT2D eigenvalue weighted by atomic mass is 32.2. The lowest BCUT2D eigenvalue weighted by Crippen LogP contribution is -2.37. The molecule has 1 heterocycles. The minimum atomic E-state index is -3.34. The molecule has 0 aromatic heterocycles. The zero-order valence-corrected chi connectivity index (χ0v) is 13.8. The molecule has 0 bridgehead atoms. The molecule has 1 N–H and O–H groups in total. The Morgan fingerprint density at radius 2 is 2.05 bits per heavy atom. The van der Waals surface area contributed by atoms with Crippen LogP contribution in [0, 0.1) is 0 Å². The van der Waals surface area contributed by atoms with Gasteiger partial charge in [0.25, 0.3) is 0 Å². The Morgan fingerprint density at radius 3 is 2.64 bits per heavy atom. The summed E-state index contributed by atoms with van der Waals surface area (Å²) in [6, 6.07) is 4.77. The molecule has 0 spiro atoms. The number of fused-ring (bicyclic) bond motifs is 1. The van der Waals surface area contributed by atoms with Gasteiger partial charge in [-0.2, -0.15) is 0 Å². The summed E-state index contributed by atoms with van der Waals surface area (Å²) < 4.78 is 30.4. The van der Waals surface area contributed by atoms with Crippen molar-refractivity contribution in [1.29, 1.82) is 0 Å². The largest absolute Gasteiger partial charge is 0.489 e. The van der Waals surface area contributed by atoms with Crippen molar-refractivity contribution in [2.75, 3.05) is 42.1 Å². The fourth-order valence-corrected chi connectivity index (χ4v) is 3.24. The standard InChI is InChI=1S/C14H21N3O4S/c1-4-16(5-2)14(18)15-11-6-7-12-13(10-11)21-9-8-17(12)22(3,19)20/h6-7,10H,4-5,8-9H2,1-3H3,(H,15,18). The van der Waals surface area contributed by atoms with E-state index in [4.69, 9.17) is 4.74 Å². The topological polar surface area (TPSA) is 79.0 Å². The highest BCUT2D eigenvalue weighted by molar-refractivity contribution is 7.92. The predicted molar refractivity (Wildman–Crippen MR) is 86.1 cm³/mol. The van der Waals surface area contributed by atoms with Crippen LogP contribution in [0.3, 0.4) is 0 Å². The molecule has 0 saturated heterocycles. The van der Waals surface area contributed by atoms with Crippen molar-refractivity contribution >= 4 is 27.4 Å². The summed E-state index contributed by atoms with van der Waals surface area (Å²) in [4.78, 5) is 13.7. The van der Waals surface area contributed by atoms with Gasteiger partial charge in [-0.05, 0) is 26.0 Å². The molecule has 8 heteroatoms. The summed E-state index contributed by atoms with van der Waals surface area (Å²) in [5, 5.41) is 2.79. The highest BCUT2D eigenvalue weighted by Crippen LogP contribution is 2.35. The van der Waals surface area contributed by atoms with E-state index < -0.39 is 10.0 Å². The van der Waals surface area contributed by atoms with E-state index in [0.717, 1.165) is 6.26 Å². The van der Waals surface area contributed by atoms with Gasteiger partial charge < -0.3 is 15.0 Å². The van der Waals surface area contributed by atoms with E-state index in [1.807, 2.05) is 13.8 Å². The first-order valence-corrected chi connectivity index (χ1v) is 9.02. The summed E-state index contributed by atoms with van der Waals surface area (Å²) in [6.07, 6.45) is 1.16. The first-order valence-electron chi connectivity index (χ1n) is 7.17. The third-order valence-corrected chi connectivity index (χ3v) is 4.66. The summed E-state index contributed by atoms with van der Waals surface area (Å²) in [5.74, 6) is 0.453. The maximum atomic E-state index is 12.0. The third kappa shape index (κ3) is 3.44. The highest BCUT2D eigenvalue weighted by Gasteiger charge is 2.25. The van der Waals surface area contributed by atoms with Crippen molar-refractivity contribution in [1.82, 2.24) is 4.90 Å². The van der Waals surface area contributed by atoms with Crippen LogP contribution in [-0.4, -0.2) is 51.8 Å². The fraction of sp³-hybridized carbons (Fsp3) is 0.500. The van der Waals surface area contributed by atoms with Gasteiger partial charge in [-0.3, -0.25) is 4.31 Å². The molecule has 22 heavy (non-hydrogen) atoms. The van der Waals surface area contributed by atoms with Crippen molar-refractivity contribution in [3.05, 3.63) is 18.2 Å². The van der Waals surface area contributed by atoms with E-state index in [9.17, 15) is 13.2 Å². The minimum absolute atomic E-state index is 0.194. The van der Waals surface area contributed by atoms with Gasteiger partial charge in [-0.1, -0.05) is 0 Å². The van der Waals surface area contributed by atoms with Crippen LogP contribution in [0.5, 0.6) is 5.75 Å². The van der Waals surface area contributed by atoms with E-state index in [1.165, 1.54) is 4.31 Å². The summed E-state index contributed by atoms with van der Waals surface area (Å²) in [5.41, 5.74) is 1.07. The van der Waals surface area contributed by atoms with Gasteiger partial charge in [-0.15, -0.1) is 0 Å². The number of hydrogen-bond acceptors (Lipinski definition) is 4. The molecule has 0 radical (unpaired) electrons. The Kier molecular flexibility index (Phi) is 4.80. The Labute approximate surface area is 130 Å². The lowest BCUT2D eigenvalue weighted by Gasteiger charge is -2.29. The molecule has 0 fully saturated rings. The number of sulfonamides is 1. The number of rotatable bonds is 4. The number of benzene rings is 1. The lowest BCUT2D eigenvalue weighted by molar-refractivity contribution is 0.217. The maximum absolute atomic E-state index is 12.0. The van der Waals surface area contributed by atoms with Crippen molar-refractivity contribution in [2.24, 2.45) is 0 Å². The van der Waals surface area contributed by atoms with Crippen molar-refractivity contribution in [2.45, 2.75) is 13.8 Å². The van der Waals surface area contributed by atoms with Crippen molar-refractivity contribution < 1.29 is 17.9 Å². The quantitative estimate of drug-likeness (QED) is 0.913. The molecule has 7 nitrogen and oxygen atoms in total. The van der Waals surface area contributed by atoms with Crippen molar-refractivity contribution in [3.63, 3.8) is 0 Å². The van der Waals surface area contributed by atoms with Gasteiger partial charge in [0.05, 0.1) is 18.5 Å². The van der Waals surface area contributed by atoms with Gasteiger partial charge in [0.15, 0.2) is 0 Å². The molecule has 122 valence electrons. The predicted octanol–water partition coefficient (Wildman–Crippen LogP) is 1.72. The molecule has 2 rings (SSSR count). The summed E-state index contributed by atoms with van der Waals surface area (Å²) in [7, 11) is -3.34. The normalized spacial score (nSPS) is 14.0. The Bertz CT molecular complexity index is 656. The fourth-order valence-electron chi connectivity index (χ4n) is 2.33. The van der Waals surface area contributed by atoms with Crippen LogP contribution in [0.2, 0.25) is 0 Å². The van der Waals surface area contributed by atoms with Crippen LogP contribution >= 0.6 is 0 Å². The van der Waals surface area contributed by atoms with Crippen LogP contribution in [0.1, 0.15) is 13.8 Å². The molecule has 0 atom stereocenters. The molecule has 2 amide bonds. The number of ether oxygens (including phenoxy) is 1. The minimum Gasteiger partial charge on any atom is -0.489 e. The third-order valence-electron chi connectivity index (χ3n) is 3.48. The van der Waals surface area contributed by atoms with Gasteiger partial charge >= 0.3 is 6.03 Å². The lowest BCUT2D eigenvalue weighted by atomic mass is 10.2. The van der Waals surface area contributed by atoms with Crippen LogP contribution < -0.4 is 14.4 Å².